The second-order valence-corrected chi connectivity index (χ2v) is 6.98. The van der Waals surface area contributed by atoms with Crippen molar-refractivity contribution in [1.82, 2.24) is 9.38 Å². The number of benzene rings is 2. The third kappa shape index (κ3) is 3.23. The fraction of sp³-hybridized carbons (Fsp3) is 0. The topological polar surface area (TPSA) is 34.4 Å². The maximum absolute atomic E-state index is 12.3. The van der Waals surface area contributed by atoms with Gasteiger partial charge < -0.3 is 0 Å². The zero-order valence-electron chi connectivity index (χ0n) is 13.0. The summed E-state index contributed by atoms with van der Waals surface area (Å²) in [4.78, 5) is 16.8. The molecule has 0 saturated heterocycles. The fourth-order valence-corrected chi connectivity index (χ4v) is 3.28. The zero-order valence-corrected chi connectivity index (χ0v) is 15.3. The molecule has 2 aromatic heterocycles. The molecule has 3 nitrogen and oxygen atoms in total. The van der Waals surface area contributed by atoms with Gasteiger partial charge >= 0.3 is 0 Å². The van der Waals surface area contributed by atoms with Crippen molar-refractivity contribution in [3.05, 3.63) is 92.9 Å². The highest BCUT2D eigenvalue weighted by atomic mass is 79.9. The van der Waals surface area contributed by atoms with Gasteiger partial charge in [-0.05, 0) is 56.5 Å². The van der Waals surface area contributed by atoms with E-state index in [1.54, 1.807) is 12.3 Å². The number of nitrogens with zero attached hydrogens (tertiary/aromatic N) is 2. The van der Waals surface area contributed by atoms with Crippen molar-refractivity contribution in [2.45, 2.75) is 0 Å². The van der Waals surface area contributed by atoms with Gasteiger partial charge in [0.15, 0.2) is 0 Å². The summed E-state index contributed by atoms with van der Waals surface area (Å²) in [5, 5.41) is 2.73. The molecule has 122 valence electrons. The summed E-state index contributed by atoms with van der Waals surface area (Å²) in [5.41, 5.74) is 1.80. The highest BCUT2D eigenvalue weighted by Gasteiger charge is 2.06. The number of rotatable bonds is 2. The number of halogens is 2. The molecule has 0 fully saturated rings. The van der Waals surface area contributed by atoms with E-state index in [1.807, 2.05) is 36.4 Å². The minimum absolute atomic E-state index is 0.175. The molecule has 0 spiro atoms. The molecular formula is C20H12BrClN2O. The van der Waals surface area contributed by atoms with Crippen LogP contribution >= 0.6 is 27.5 Å². The minimum atomic E-state index is -0.175. The summed E-state index contributed by atoms with van der Waals surface area (Å²) in [7, 11) is 0. The molecule has 25 heavy (non-hydrogen) atoms. The van der Waals surface area contributed by atoms with E-state index in [2.05, 4.69) is 39.1 Å². The van der Waals surface area contributed by atoms with Crippen molar-refractivity contribution in [1.29, 1.82) is 0 Å². The van der Waals surface area contributed by atoms with Gasteiger partial charge in [0, 0.05) is 16.7 Å². The Morgan fingerprint density at radius 1 is 1.04 bits per heavy atom. The Balaban J connectivity index is 1.79. The molecule has 0 aliphatic rings. The third-order valence-corrected chi connectivity index (χ3v) is 4.71. The molecule has 4 rings (SSSR count). The van der Waals surface area contributed by atoms with Gasteiger partial charge in [0.25, 0.3) is 5.56 Å². The molecule has 4 aromatic rings. The average molecular weight is 412 g/mol. The number of hydrogen-bond acceptors (Lipinski definition) is 2. The van der Waals surface area contributed by atoms with Crippen molar-refractivity contribution >= 4 is 55.1 Å². The Kier molecular flexibility index (Phi) is 4.15. The predicted molar refractivity (Wildman–Crippen MR) is 107 cm³/mol. The molecule has 2 aromatic carbocycles. The second-order valence-electron chi connectivity index (χ2n) is 5.65. The third-order valence-electron chi connectivity index (χ3n) is 3.94. The van der Waals surface area contributed by atoms with Crippen molar-refractivity contribution < 1.29 is 0 Å². The molecule has 0 amide bonds. The van der Waals surface area contributed by atoms with Gasteiger partial charge in [0.1, 0.15) is 5.65 Å². The smallest absolute Gasteiger partial charge is 0.258 e. The van der Waals surface area contributed by atoms with Gasteiger partial charge in [-0.25, -0.2) is 4.98 Å². The van der Waals surface area contributed by atoms with E-state index in [-0.39, 0.29) is 5.56 Å². The molecular weight excluding hydrogens is 400 g/mol. The van der Waals surface area contributed by atoms with Crippen molar-refractivity contribution in [2.24, 2.45) is 0 Å². The second kappa shape index (κ2) is 6.47. The molecule has 5 heteroatoms. The fourth-order valence-electron chi connectivity index (χ4n) is 2.72. The first-order valence-electron chi connectivity index (χ1n) is 7.65. The van der Waals surface area contributed by atoms with Crippen LogP contribution in [-0.4, -0.2) is 9.38 Å². The number of hydrogen-bond donors (Lipinski definition) is 0. The molecule has 0 atom stereocenters. The van der Waals surface area contributed by atoms with E-state index in [4.69, 9.17) is 11.6 Å². The number of fused-ring (bicyclic) bond motifs is 2. The van der Waals surface area contributed by atoms with Gasteiger partial charge in [-0.2, -0.15) is 0 Å². The summed E-state index contributed by atoms with van der Waals surface area (Å²) in [6, 6.07) is 19.3. The Morgan fingerprint density at radius 3 is 2.68 bits per heavy atom. The van der Waals surface area contributed by atoms with Crippen LogP contribution in [0.4, 0.5) is 0 Å². The first-order chi connectivity index (χ1) is 12.1. The molecule has 2 heterocycles. The molecule has 0 aliphatic carbocycles. The first kappa shape index (κ1) is 16.1. The summed E-state index contributed by atoms with van der Waals surface area (Å²) in [6.45, 7) is 0. The van der Waals surface area contributed by atoms with E-state index in [9.17, 15) is 4.79 Å². The maximum Gasteiger partial charge on any atom is 0.258 e. The highest BCUT2D eigenvalue weighted by Crippen LogP contribution is 2.23. The lowest BCUT2D eigenvalue weighted by Crippen LogP contribution is -2.14. The molecule has 0 aliphatic heterocycles. The monoisotopic (exact) mass is 410 g/mol. The average Bonchev–Trinajstić information content (AvgIpc) is 2.62. The Hall–Kier alpha value is -2.43. The van der Waals surface area contributed by atoms with Crippen LogP contribution in [0.25, 0.3) is 27.5 Å². The van der Waals surface area contributed by atoms with Crippen LogP contribution in [0, 0.1) is 0 Å². The van der Waals surface area contributed by atoms with Gasteiger partial charge in [-0.15, -0.1) is 0 Å². The van der Waals surface area contributed by atoms with E-state index in [1.165, 1.54) is 15.9 Å². The van der Waals surface area contributed by atoms with Crippen molar-refractivity contribution in [2.75, 3.05) is 0 Å². The molecule has 0 N–H and O–H groups in total. The van der Waals surface area contributed by atoms with Crippen molar-refractivity contribution in [3.8, 4) is 0 Å². The standard InChI is InChI=1S/C20H12BrClN2O/c21-16-7-8-19-23-18(11-20(25)24(19)12-16)17(22)10-13-5-6-14-3-1-2-4-15(14)9-13/h1-12H/b17-10-. The largest absolute Gasteiger partial charge is 0.269 e. The summed E-state index contributed by atoms with van der Waals surface area (Å²) >= 11 is 9.79. The van der Waals surface area contributed by atoms with E-state index in [0.717, 1.165) is 15.4 Å². The van der Waals surface area contributed by atoms with Gasteiger partial charge in [0.2, 0.25) is 0 Å². The van der Waals surface area contributed by atoms with Crippen LogP contribution in [0.2, 0.25) is 0 Å². The normalized spacial score (nSPS) is 12.0. The van der Waals surface area contributed by atoms with Crippen LogP contribution < -0.4 is 5.56 Å². The first-order valence-corrected chi connectivity index (χ1v) is 8.83. The van der Waals surface area contributed by atoms with E-state index in [0.29, 0.717) is 16.4 Å². The lowest BCUT2D eigenvalue weighted by atomic mass is 10.1. The van der Waals surface area contributed by atoms with E-state index < -0.39 is 0 Å². The van der Waals surface area contributed by atoms with Gasteiger partial charge in [-0.1, -0.05) is 48.0 Å². The quantitative estimate of drug-likeness (QED) is 0.446. The predicted octanol–water partition coefficient (Wildman–Crippen LogP) is 5.35. The minimum Gasteiger partial charge on any atom is -0.269 e. The molecule has 0 bridgehead atoms. The number of aromatic nitrogens is 2. The summed E-state index contributed by atoms with van der Waals surface area (Å²) in [5.74, 6) is 0. The maximum atomic E-state index is 12.3. The highest BCUT2D eigenvalue weighted by molar-refractivity contribution is 9.10. The van der Waals surface area contributed by atoms with Crippen molar-refractivity contribution in [3.63, 3.8) is 0 Å². The summed E-state index contributed by atoms with van der Waals surface area (Å²) < 4.78 is 2.29. The molecule has 0 saturated carbocycles. The Morgan fingerprint density at radius 2 is 1.84 bits per heavy atom. The lowest BCUT2D eigenvalue weighted by Gasteiger charge is -2.05. The molecule has 0 unspecified atom stereocenters. The van der Waals surface area contributed by atoms with Crippen LogP contribution in [0.1, 0.15) is 11.3 Å². The van der Waals surface area contributed by atoms with Crippen LogP contribution in [0.3, 0.4) is 0 Å². The Labute approximate surface area is 157 Å². The zero-order chi connectivity index (χ0) is 17.4. The van der Waals surface area contributed by atoms with Gasteiger partial charge in [-0.3, -0.25) is 9.20 Å². The SMILES string of the molecule is O=c1cc(/C(Cl)=C/c2ccc3ccccc3c2)nc2ccc(Br)cn12. The summed E-state index contributed by atoms with van der Waals surface area (Å²) in [6.07, 6.45) is 3.51. The van der Waals surface area contributed by atoms with Crippen LogP contribution in [0.15, 0.2) is 76.1 Å². The lowest BCUT2D eigenvalue weighted by molar-refractivity contribution is 1.03. The van der Waals surface area contributed by atoms with Crippen LogP contribution in [0.5, 0.6) is 0 Å². The number of pyridine rings is 1. The van der Waals surface area contributed by atoms with Gasteiger partial charge in [0.05, 0.1) is 10.7 Å². The molecule has 0 radical (unpaired) electrons. The Bertz CT molecular complexity index is 1200. The van der Waals surface area contributed by atoms with E-state index >= 15 is 0 Å². The van der Waals surface area contributed by atoms with Crippen LogP contribution in [-0.2, 0) is 0 Å².